The maximum atomic E-state index is 4.16. The lowest BCUT2D eigenvalue weighted by molar-refractivity contribution is 0.768. The van der Waals surface area contributed by atoms with E-state index in [9.17, 15) is 0 Å². The number of hydrogen-bond acceptors (Lipinski definition) is 4. The largest absolute Gasteiger partial charge is 0.379 e. The Labute approximate surface area is 111 Å². The van der Waals surface area contributed by atoms with Crippen molar-refractivity contribution in [2.24, 2.45) is 0 Å². The van der Waals surface area contributed by atoms with E-state index in [1.54, 1.807) is 0 Å². The van der Waals surface area contributed by atoms with Crippen LogP contribution in [0.15, 0.2) is 30.5 Å². The molecule has 0 radical (unpaired) electrons. The predicted molar refractivity (Wildman–Crippen MR) is 78.1 cm³/mol. The molecule has 2 aromatic rings. The van der Waals surface area contributed by atoms with E-state index in [0.717, 1.165) is 16.5 Å². The van der Waals surface area contributed by atoms with Crippen molar-refractivity contribution in [3.8, 4) is 0 Å². The van der Waals surface area contributed by atoms with Crippen LogP contribution in [0.5, 0.6) is 0 Å². The summed E-state index contributed by atoms with van der Waals surface area (Å²) in [6, 6.07) is 8.73. The van der Waals surface area contributed by atoms with Crippen LogP contribution in [0.4, 0.5) is 5.69 Å². The first kappa shape index (κ1) is 11.8. The van der Waals surface area contributed by atoms with Crippen LogP contribution in [0.2, 0.25) is 0 Å². The zero-order valence-electron chi connectivity index (χ0n) is 10.5. The first-order valence-corrected chi connectivity index (χ1v) is 7.67. The number of rotatable bonds is 3. The van der Waals surface area contributed by atoms with Crippen molar-refractivity contribution in [2.45, 2.75) is 30.6 Å². The van der Waals surface area contributed by atoms with Gasteiger partial charge in [0.15, 0.2) is 0 Å². The molecule has 1 fully saturated rings. The summed E-state index contributed by atoms with van der Waals surface area (Å²) in [5.74, 6) is 0. The molecule has 1 aromatic heterocycles. The lowest BCUT2D eigenvalue weighted by atomic mass is 10.2. The van der Waals surface area contributed by atoms with Crippen molar-refractivity contribution in [2.75, 3.05) is 11.6 Å². The molecule has 1 heterocycles. The summed E-state index contributed by atoms with van der Waals surface area (Å²) in [5.41, 5.74) is 2.08. The average Bonchev–Trinajstić information content (AvgIpc) is 2.86. The minimum Gasteiger partial charge on any atom is -0.379 e. The topological polar surface area (TPSA) is 37.8 Å². The van der Waals surface area contributed by atoms with Gasteiger partial charge in [0, 0.05) is 16.7 Å². The molecule has 1 aromatic carbocycles. The third-order valence-electron chi connectivity index (χ3n) is 3.64. The highest BCUT2D eigenvalue weighted by atomic mass is 32.2. The Morgan fingerprint density at radius 2 is 2.17 bits per heavy atom. The molecule has 0 spiro atoms. The monoisotopic (exact) mass is 259 g/mol. The number of nitrogens with zero attached hydrogens (tertiary/aromatic N) is 2. The van der Waals surface area contributed by atoms with E-state index >= 15 is 0 Å². The fourth-order valence-corrected chi connectivity index (χ4v) is 3.63. The van der Waals surface area contributed by atoms with Crippen molar-refractivity contribution in [3.63, 3.8) is 0 Å². The summed E-state index contributed by atoms with van der Waals surface area (Å²) < 4.78 is 0. The van der Waals surface area contributed by atoms with Crippen LogP contribution < -0.4 is 5.32 Å². The SMILES string of the molecule is CSC1CCCC1Nc1cnnc2ccccc12. The first-order valence-electron chi connectivity index (χ1n) is 6.38. The number of benzene rings is 1. The summed E-state index contributed by atoms with van der Waals surface area (Å²) in [7, 11) is 0. The Bertz CT molecular complexity index is 538. The summed E-state index contributed by atoms with van der Waals surface area (Å²) in [6.07, 6.45) is 7.93. The van der Waals surface area contributed by atoms with Gasteiger partial charge in [-0.05, 0) is 25.2 Å². The van der Waals surface area contributed by atoms with Gasteiger partial charge < -0.3 is 5.32 Å². The van der Waals surface area contributed by atoms with Gasteiger partial charge in [-0.1, -0.05) is 24.6 Å². The normalized spacial score (nSPS) is 23.4. The summed E-state index contributed by atoms with van der Waals surface area (Å²) in [6.45, 7) is 0. The molecule has 0 amide bonds. The van der Waals surface area contributed by atoms with Gasteiger partial charge in [0.1, 0.15) is 0 Å². The van der Waals surface area contributed by atoms with Crippen molar-refractivity contribution >= 4 is 28.4 Å². The molecule has 2 atom stereocenters. The quantitative estimate of drug-likeness (QED) is 0.917. The highest BCUT2D eigenvalue weighted by Gasteiger charge is 2.26. The van der Waals surface area contributed by atoms with Crippen molar-refractivity contribution in [1.82, 2.24) is 10.2 Å². The third kappa shape index (κ3) is 2.17. The molecule has 0 aliphatic heterocycles. The second-order valence-corrected chi connectivity index (χ2v) is 5.81. The van der Waals surface area contributed by atoms with Crippen LogP contribution in [0, 0.1) is 0 Å². The van der Waals surface area contributed by atoms with E-state index in [2.05, 4.69) is 33.9 Å². The van der Waals surface area contributed by atoms with Crippen molar-refractivity contribution < 1.29 is 0 Å². The van der Waals surface area contributed by atoms with E-state index in [1.165, 1.54) is 24.6 Å². The highest BCUT2D eigenvalue weighted by Crippen LogP contribution is 2.32. The predicted octanol–water partition coefficient (Wildman–Crippen LogP) is 3.33. The summed E-state index contributed by atoms with van der Waals surface area (Å²) in [4.78, 5) is 0. The number of fused-ring (bicyclic) bond motifs is 1. The van der Waals surface area contributed by atoms with Crippen LogP contribution in [-0.2, 0) is 0 Å². The van der Waals surface area contributed by atoms with Crippen LogP contribution in [0.25, 0.3) is 10.9 Å². The van der Waals surface area contributed by atoms with E-state index in [-0.39, 0.29) is 0 Å². The van der Waals surface area contributed by atoms with Gasteiger partial charge in [-0.2, -0.15) is 22.0 Å². The molecule has 3 rings (SSSR count). The number of hydrogen-bond donors (Lipinski definition) is 1. The molecule has 0 bridgehead atoms. The maximum Gasteiger partial charge on any atom is 0.0950 e. The Morgan fingerprint density at radius 3 is 3.06 bits per heavy atom. The molecular formula is C14H17N3S. The van der Waals surface area contributed by atoms with Gasteiger partial charge in [-0.3, -0.25) is 0 Å². The van der Waals surface area contributed by atoms with Gasteiger partial charge in [-0.25, -0.2) is 0 Å². The fourth-order valence-electron chi connectivity index (χ4n) is 2.69. The minimum absolute atomic E-state index is 0.563. The zero-order chi connectivity index (χ0) is 12.4. The Balaban J connectivity index is 1.90. The van der Waals surface area contributed by atoms with Crippen molar-refractivity contribution in [1.29, 1.82) is 0 Å². The van der Waals surface area contributed by atoms with E-state index in [1.807, 2.05) is 30.1 Å². The van der Waals surface area contributed by atoms with Crippen LogP contribution in [0.1, 0.15) is 19.3 Å². The van der Waals surface area contributed by atoms with Crippen molar-refractivity contribution in [3.05, 3.63) is 30.5 Å². The number of thioether (sulfide) groups is 1. The van der Waals surface area contributed by atoms with Gasteiger partial charge >= 0.3 is 0 Å². The van der Waals surface area contributed by atoms with E-state index in [0.29, 0.717) is 6.04 Å². The second-order valence-electron chi connectivity index (χ2n) is 4.73. The molecule has 3 nitrogen and oxygen atoms in total. The Hall–Kier alpha value is -1.29. The molecule has 1 N–H and O–H groups in total. The van der Waals surface area contributed by atoms with E-state index < -0.39 is 0 Å². The molecule has 2 unspecified atom stereocenters. The molecular weight excluding hydrogens is 242 g/mol. The van der Waals surface area contributed by atoms with Crippen LogP contribution in [-0.4, -0.2) is 27.7 Å². The van der Waals surface area contributed by atoms with Gasteiger partial charge in [-0.15, -0.1) is 0 Å². The Morgan fingerprint density at radius 1 is 1.28 bits per heavy atom. The molecule has 1 saturated carbocycles. The summed E-state index contributed by atoms with van der Waals surface area (Å²) in [5, 5.41) is 13.8. The minimum atomic E-state index is 0.563. The van der Waals surface area contributed by atoms with Crippen LogP contribution >= 0.6 is 11.8 Å². The molecule has 0 saturated heterocycles. The fraction of sp³-hybridized carbons (Fsp3) is 0.429. The first-order chi connectivity index (χ1) is 8.88. The van der Waals surface area contributed by atoms with E-state index in [4.69, 9.17) is 0 Å². The maximum absolute atomic E-state index is 4.16. The summed E-state index contributed by atoms with van der Waals surface area (Å²) >= 11 is 1.97. The van der Waals surface area contributed by atoms with Crippen LogP contribution in [0.3, 0.4) is 0 Å². The smallest absolute Gasteiger partial charge is 0.0950 e. The molecule has 18 heavy (non-hydrogen) atoms. The standard InChI is InChI=1S/C14H17N3S/c1-18-14-8-4-7-12(14)16-13-9-15-17-11-6-3-2-5-10(11)13/h2-3,5-6,9,12,14H,4,7-8H2,1H3,(H,16,17). The third-order valence-corrected chi connectivity index (χ3v) is 4.81. The Kier molecular flexibility index (Phi) is 3.37. The highest BCUT2D eigenvalue weighted by molar-refractivity contribution is 7.99. The zero-order valence-corrected chi connectivity index (χ0v) is 11.3. The number of anilines is 1. The molecule has 94 valence electrons. The second kappa shape index (κ2) is 5.14. The lowest BCUT2D eigenvalue weighted by Crippen LogP contribution is -2.25. The molecule has 4 heteroatoms. The molecule has 1 aliphatic rings. The van der Waals surface area contributed by atoms with Gasteiger partial charge in [0.25, 0.3) is 0 Å². The van der Waals surface area contributed by atoms with Gasteiger partial charge in [0.05, 0.1) is 17.4 Å². The lowest BCUT2D eigenvalue weighted by Gasteiger charge is -2.20. The van der Waals surface area contributed by atoms with Gasteiger partial charge in [0.2, 0.25) is 0 Å². The average molecular weight is 259 g/mol. The number of aromatic nitrogens is 2. The number of nitrogens with one attached hydrogen (secondary N) is 1. The molecule has 1 aliphatic carbocycles.